The highest BCUT2D eigenvalue weighted by molar-refractivity contribution is 7.11. The second-order valence-electron chi connectivity index (χ2n) is 7.65. The largest absolute Gasteiger partial charge is 0.379 e. The Kier molecular flexibility index (Phi) is 5.74. The first-order valence-electron chi connectivity index (χ1n) is 9.54. The van der Waals surface area contributed by atoms with Crippen LogP contribution in [-0.2, 0) is 20.8 Å². The number of rotatable bonds is 4. The van der Waals surface area contributed by atoms with Crippen LogP contribution >= 0.6 is 11.3 Å². The molecule has 0 radical (unpaired) electrons. The maximum atomic E-state index is 6.60. The van der Waals surface area contributed by atoms with Gasteiger partial charge in [-0.05, 0) is 31.9 Å². The molecule has 2 atom stereocenters. The highest BCUT2D eigenvalue weighted by Gasteiger charge is 2.43. The molecule has 4 rings (SSSR count). The highest BCUT2D eigenvalue weighted by atomic mass is 32.1. The van der Waals surface area contributed by atoms with Crippen molar-refractivity contribution in [2.24, 2.45) is 0 Å². The van der Waals surface area contributed by atoms with E-state index in [4.69, 9.17) is 14.2 Å². The first-order chi connectivity index (χ1) is 12.2. The van der Waals surface area contributed by atoms with Crippen molar-refractivity contribution in [3.05, 3.63) is 21.9 Å². The molecule has 1 aromatic heterocycles. The van der Waals surface area contributed by atoms with Crippen molar-refractivity contribution in [3.8, 4) is 0 Å². The Bertz CT molecular complexity index is 561. The number of morpholine rings is 1. The Morgan fingerprint density at radius 3 is 2.72 bits per heavy atom. The molecule has 0 unspecified atom stereocenters. The number of aryl methyl sites for hydroxylation is 1. The summed E-state index contributed by atoms with van der Waals surface area (Å²) in [6.45, 7) is 11.5. The first kappa shape index (κ1) is 17.9. The van der Waals surface area contributed by atoms with E-state index in [9.17, 15) is 0 Å². The van der Waals surface area contributed by atoms with Gasteiger partial charge >= 0.3 is 0 Å². The molecule has 0 aromatic carbocycles. The quantitative estimate of drug-likeness (QED) is 0.816. The van der Waals surface area contributed by atoms with Crippen molar-refractivity contribution in [2.75, 3.05) is 59.2 Å². The fraction of sp³-hybridized carbons (Fsp3) is 0.789. The van der Waals surface area contributed by atoms with Crippen LogP contribution in [0.1, 0.15) is 22.6 Å². The minimum absolute atomic E-state index is 0.111. The standard InChI is InChI=1S/C19H30N2O3S/c1-16-2-3-18(25-16)13-21-8-11-23-15-19(14-21)5-4-17(24-19)12-20-6-9-22-10-7-20/h2-3,17H,4-15H2,1H3/t17-,19-/m1/s1. The molecule has 1 aromatic rings. The molecule has 6 heteroatoms. The average molecular weight is 367 g/mol. The summed E-state index contributed by atoms with van der Waals surface area (Å²) in [7, 11) is 0. The SMILES string of the molecule is Cc1ccc(CN2CCOC[C@@]3(CC[C@H](CN4CCOCC4)O3)C2)s1. The molecule has 3 aliphatic rings. The zero-order valence-corrected chi connectivity index (χ0v) is 16.1. The molecule has 3 fully saturated rings. The number of nitrogens with zero attached hydrogens (tertiary/aromatic N) is 2. The van der Waals surface area contributed by atoms with Gasteiger partial charge in [-0.2, -0.15) is 0 Å². The lowest BCUT2D eigenvalue weighted by Crippen LogP contribution is -2.46. The second kappa shape index (κ2) is 8.03. The Labute approximate surface area is 154 Å². The van der Waals surface area contributed by atoms with Crippen LogP contribution in [0.2, 0.25) is 0 Å². The van der Waals surface area contributed by atoms with Crippen LogP contribution in [0, 0.1) is 6.92 Å². The predicted octanol–water partition coefficient (Wildman–Crippen LogP) is 2.14. The summed E-state index contributed by atoms with van der Waals surface area (Å²) < 4.78 is 18.0. The fourth-order valence-electron chi connectivity index (χ4n) is 4.23. The van der Waals surface area contributed by atoms with E-state index >= 15 is 0 Å². The Morgan fingerprint density at radius 1 is 1.12 bits per heavy atom. The van der Waals surface area contributed by atoms with Gasteiger partial charge < -0.3 is 14.2 Å². The van der Waals surface area contributed by atoms with E-state index in [1.54, 1.807) is 0 Å². The summed E-state index contributed by atoms with van der Waals surface area (Å²) in [6.07, 6.45) is 2.60. The van der Waals surface area contributed by atoms with Crippen molar-refractivity contribution in [1.82, 2.24) is 9.80 Å². The van der Waals surface area contributed by atoms with Gasteiger partial charge in [-0.1, -0.05) is 0 Å². The van der Waals surface area contributed by atoms with Crippen molar-refractivity contribution >= 4 is 11.3 Å². The maximum absolute atomic E-state index is 6.60. The summed E-state index contributed by atoms with van der Waals surface area (Å²) in [5, 5.41) is 0. The summed E-state index contributed by atoms with van der Waals surface area (Å²) >= 11 is 1.90. The Hall–Kier alpha value is -0.500. The average Bonchev–Trinajstić information content (AvgIpc) is 3.12. The molecule has 0 bridgehead atoms. The van der Waals surface area contributed by atoms with Gasteiger partial charge in [0.05, 0.1) is 32.5 Å². The summed E-state index contributed by atoms with van der Waals surface area (Å²) in [4.78, 5) is 7.84. The van der Waals surface area contributed by atoms with Gasteiger partial charge in [0.25, 0.3) is 0 Å². The van der Waals surface area contributed by atoms with E-state index in [0.29, 0.717) is 6.10 Å². The molecule has 3 saturated heterocycles. The third-order valence-electron chi connectivity index (χ3n) is 5.51. The van der Waals surface area contributed by atoms with E-state index in [1.807, 2.05) is 11.3 Å². The molecule has 0 saturated carbocycles. The first-order valence-corrected chi connectivity index (χ1v) is 10.4. The smallest absolute Gasteiger partial charge is 0.105 e. The zero-order chi connectivity index (χ0) is 17.1. The zero-order valence-electron chi connectivity index (χ0n) is 15.2. The van der Waals surface area contributed by atoms with Crippen LogP contribution in [0.3, 0.4) is 0 Å². The van der Waals surface area contributed by atoms with Crippen molar-refractivity contribution in [3.63, 3.8) is 0 Å². The number of ether oxygens (including phenoxy) is 3. The van der Waals surface area contributed by atoms with Gasteiger partial charge in [0.1, 0.15) is 5.60 Å². The normalized spacial score (nSPS) is 32.3. The monoisotopic (exact) mass is 366 g/mol. The molecule has 0 aliphatic carbocycles. The molecule has 3 aliphatic heterocycles. The Morgan fingerprint density at radius 2 is 1.92 bits per heavy atom. The lowest BCUT2D eigenvalue weighted by atomic mass is 10.00. The summed E-state index contributed by atoms with van der Waals surface area (Å²) in [5.74, 6) is 0. The molecule has 140 valence electrons. The molecule has 4 heterocycles. The van der Waals surface area contributed by atoms with Crippen molar-refractivity contribution < 1.29 is 14.2 Å². The summed E-state index contributed by atoms with van der Waals surface area (Å²) in [6, 6.07) is 4.48. The molecular formula is C19H30N2O3S. The van der Waals surface area contributed by atoms with Crippen LogP contribution < -0.4 is 0 Å². The minimum atomic E-state index is -0.111. The molecule has 25 heavy (non-hydrogen) atoms. The number of hydrogen-bond acceptors (Lipinski definition) is 6. The van der Waals surface area contributed by atoms with Crippen LogP contribution in [0.5, 0.6) is 0 Å². The lowest BCUT2D eigenvalue weighted by molar-refractivity contribution is -0.0966. The predicted molar refractivity (Wildman–Crippen MR) is 99.2 cm³/mol. The minimum Gasteiger partial charge on any atom is -0.379 e. The van der Waals surface area contributed by atoms with Gasteiger partial charge in [-0.25, -0.2) is 0 Å². The van der Waals surface area contributed by atoms with E-state index < -0.39 is 0 Å². The van der Waals surface area contributed by atoms with E-state index in [-0.39, 0.29) is 5.60 Å². The van der Waals surface area contributed by atoms with E-state index in [1.165, 1.54) is 9.75 Å². The van der Waals surface area contributed by atoms with Crippen molar-refractivity contribution in [2.45, 2.75) is 38.0 Å². The van der Waals surface area contributed by atoms with Crippen LogP contribution in [0.4, 0.5) is 0 Å². The third kappa shape index (κ3) is 4.62. The molecule has 0 amide bonds. The molecular weight excluding hydrogens is 336 g/mol. The molecule has 5 nitrogen and oxygen atoms in total. The highest BCUT2D eigenvalue weighted by Crippen LogP contribution is 2.34. The van der Waals surface area contributed by atoms with Crippen LogP contribution in [0.25, 0.3) is 0 Å². The van der Waals surface area contributed by atoms with Gasteiger partial charge in [0.15, 0.2) is 0 Å². The Balaban J connectivity index is 1.35. The van der Waals surface area contributed by atoms with Crippen LogP contribution in [-0.4, -0.2) is 80.7 Å². The van der Waals surface area contributed by atoms with Gasteiger partial charge in [0.2, 0.25) is 0 Å². The maximum Gasteiger partial charge on any atom is 0.105 e. The second-order valence-corrected chi connectivity index (χ2v) is 9.02. The number of thiophene rings is 1. The van der Waals surface area contributed by atoms with Crippen molar-refractivity contribution in [1.29, 1.82) is 0 Å². The van der Waals surface area contributed by atoms with Crippen LogP contribution in [0.15, 0.2) is 12.1 Å². The van der Waals surface area contributed by atoms with Gasteiger partial charge in [-0.15, -0.1) is 11.3 Å². The van der Waals surface area contributed by atoms with Gasteiger partial charge in [-0.3, -0.25) is 9.80 Å². The molecule has 1 spiro atoms. The fourth-order valence-corrected chi connectivity index (χ4v) is 5.16. The number of hydrogen-bond donors (Lipinski definition) is 0. The third-order valence-corrected chi connectivity index (χ3v) is 6.49. The van der Waals surface area contributed by atoms with E-state index in [0.717, 1.165) is 78.5 Å². The van der Waals surface area contributed by atoms with Gasteiger partial charge in [0, 0.05) is 49.0 Å². The lowest BCUT2D eigenvalue weighted by Gasteiger charge is -2.33. The topological polar surface area (TPSA) is 34.2 Å². The van der Waals surface area contributed by atoms with E-state index in [2.05, 4.69) is 28.9 Å². The summed E-state index contributed by atoms with van der Waals surface area (Å²) in [5.41, 5.74) is -0.111. The molecule has 0 N–H and O–H groups in total.